The van der Waals surface area contributed by atoms with Gasteiger partial charge >= 0.3 is 0 Å². The molecule has 24 nitrogen and oxygen atoms in total. The maximum absolute atomic E-state index is 15.7. The summed E-state index contributed by atoms with van der Waals surface area (Å²) in [5.41, 5.74) is -0.643. The second kappa shape index (κ2) is 34.2. The third kappa shape index (κ3) is 18.6. The average molecular weight is 1330 g/mol. The number of piperidine rings is 1. The van der Waals surface area contributed by atoms with Crippen molar-refractivity contribution in [3.63, 3.8) is 0 Å². The molecule has 94 heavy (non-hydrogen) atoms. The number of likely N-dealkylation sites (N-methyl/N-ethyl adjacent to an activating group) is 7. The molecular formula is C69H107ClN12O12. The molecule has 0 radical (unpaired) electrons. The number of nitrogens with zero attached hydrogens (tertiary/aromatic N) is 9. The van der Waals surface area contributed by atoms with Gasteiger partial charge < -0.3 is 60.0 Å². The first-order chi connectivity index (χ1) is 44.7. The number of hydrogen-bond acceptors (Lipinski definition) is 12. The van der Waals surface area contributed by atoms with Gasteiger partial charge in [0.25, 0.3) is 0 Å². The Morgan fingerprint density at radius 3 is 1.82 bits per heavy atom. The van der Waals surface area contributed by atoms with E-state index in [4.69, 9.17) is 11.6 Å². The number of likely N-dealkylation sites (tertiary alicyclic amines) is 1. The van der Waals surface area contributed by atoms with Gasteiger partial charge in [-0.25, -0.2) is 0 Å². The van der Waals surface area contributed by atoms with E-state index in [2.05, 4.69) is 16.0 Å². The minimum Gasteiger partial charge on any atom is -0.343 e. The van der Waals surface area contributed by atoms with E-state index in [1.165, 1.54) is 83.5 Å². The topological polar surface area (TPSA) is 270 Å². The van der Waals surface area contributed by atoms with Gasteiger partial charge in [0.1, 0.15) is 47.8 Å². The molecule has 3 aliphatic heterocycles. The molecule has 7 rings (SSSR count). The number of halogens is 1. The van der Waals surface area contributed by atoms with Crippen LogP contribution in [0.1, 0.15) is 174 Å². The molecule has 1 aromatic carbocycles. The Labute approximate surface area is 561 Å². The number of hydrogen-bond donors (Lipinski definition) is 3. The number of aryl methyl sites for hydroxylation is 1. The van der Waals surface area contributed by atoms with Gasteiger partial charge in [-0.15, -0.1) is 0 Å². The van der Waals surface area contributed by atoms with Crippen molar-refractivity contribution < 1.29 is 57.5 Å². The van der Waals surface area contributed by atoms with Gasteiger partial charge in [-0.05, 0) is 119 Å². The highest BCUT2D eigenvalue weighted by Gasteiger charge is 2.51. The van der Waals surface area contributed by atoms with E-state index < -0.39 is 151 Å². The van der Waals surface area contributed by atoms with Crippen molar-refractivity contribution in [1.82, 2.24) is 60.0 Å². The number of amides is 12. The standard InChI is InChI=1S/C69H107ClN12O12/c1-11-45(2)59-66(92)76(6)43-57(85)74(4)44-58(86)78(8)53(40-48-24-15-12-16-25-48)64(90)75(5)42-55(83)71-51(34-31-47-29-32-50(70)33-30-47)63(89)82-39-23-28-52(82)62(88)73-69(35-19-20-36-69)68(94)80(10)60(49-26-17-13-18-27-49)67(93)79(9)54(65(91)81-37-21-14-22-38-81)41-56(84)77(7)46(3)61(87)72-59/h29-30,32-33,45-46,48-49,51-54,59-60H,11-28,31,34-44H2,1-10H3,(H,71,83)(H,72,87)(H,73,88)/t45-,46-,51-,52?,53-,54-,59-,60-/m0/s1. The fourth-order valence-corrected chi connectivity index (χ4v) is 15.0. The van der Waals surface area contributed by atoms with Crippen LogP contribution < -0.4 is 16.0 Å². The van der Waals surface area contributed by atoms with Crippen LogP contribution in [-0.2, 0) is 64.0 Å². The molecule has 25 heteroatoms. The summed E-state index contributed by atoms with van der Waals surface area (Å²) in [5, 5.41) is 9.42. The van der Waals surface area contributed by atoms with Gasteiger partial charge in [0.2, 0.25) is 70.9 Å². The maximum Gasteiger partial charge on any atom is 0.248 e. The highest BCUT2D eigenvalue weighted by atomic mass is 35.5. The van der Waals surface area contributed by atoms with E-state index in [-0.39, 0.29) is 44.1 Å². The molecule has 3 N–H and O–H groups in total. The lowest BCUT2D eigenvalue weighted by atomic mass is 9.81. The molecule has 0 aromatic heterocycles. The SMILES string of the molecule is CC[C@H](C)[C@@H]1NC(=O)[C@H](C)N(C)C(=O)C[C@@H](C(=O)N2CCCCC2)N(C)C(=O)[C@H](C2CCCCC2)N(C)C(=O)C2(CCCC2)NC(=O)C2CCCN2C(=O)[C@H](CCc2ccc(Cl)cc2)NC(=O)CN(C)C(=O)[C@H](CC2CCCCC2)N(C)C(=O)CN(C)C(=O)CN(C)C1=O. The summed E-state index contributed by atoms with van der Waals surface area (Å²) in [6, 6.07) is -0.960. The Bertz CT molecular complexity index is 2870. The number of carbonyl (C=O) groups is 12. The van der Waals surface area contributed by atoms with Crippen molar-refractivity contribution in [3.8, 4) is 0 Å². The third-order valence-electron chi connectivity index (χ3n) is 21.4. The van der Waals surface area contributed by atoms with Gasteiger partial charge in [-0.2, -0.15) is 0 Å². The summed E-state index contributed by atoms with van der Waals surface area (Å²) in [5.74, 6) is -7.53. The van der Waals surface area contributed by atoms with Crippen molar-refractivity contribution in [2.75, 3.05) is 88.6 Å². The highest BCUT2D eigenvalue weighted by Crippen LogP contribution is 2.37. The van der Waals surface area contributed by atoms with Crippen LogP contribution in [0.5, 0.6) is 0 Å². The molecule has 3 heterocycles. The molecule has 8 atom stereocenters. The molecule has 12 amide bonds. The summed E-state index contributed by atoms with van der Waals surface area (Å²) in [4.78, 5) is 189. The predicted molar refractivity (Wildman–Crippen MR) is 355 cm³/mol. The van der Waals surface area contributed by atoms with Gasteiger partial charge in [0, 0.05) is 74.0 Å². The van der Waals surface area contributed by atoms with Gasteiger partial charge in [-0.3, -0.25) is 57.5 Å². The monoisotopic (exact) mass is 1330 g/mol. The number of benzene rings is 1. The lowest BCUT2D eigenvalue weighted by Crippen LogP contribution is -2.65. The van der Waals surface area contributed by atoms with Crippen molar-refractivity contribution in [2.24, 2.45) is 17.8 Å². The second-order valence-electron chi connectivity index (χ2n) is 28.0. The molecule has 3 saturated heterocycles. The van der Waals surface area contributed by atoms with Crippen molar-refractivity contribution in [3.05, 3.63) is 34.9 Å². The number of carbonyl (C=O) groups excluding carboxylic acids is 12. The van der Waals surface area contributed by atoms with E-state index in [1.807, 2.05) is 19.1 Å². The number of fused-ring (bicyclic) bond motifs is 1. The smallest absolute Gasteiger partial charge is 0.248 e. The van der Waals surface area contributed by atoms with Crippen LogP contribution >= 0.6 is 11.6 Å². The fourth-order valence-electron chi connectivity index (χ4n) is 14.9. The van der Waals surface area contributed by atoms with Crippen LogP contribution in [0.2, 0.25) is 5.02 Å². The second-order valence-corrected chi connectivity index (χ2v) is 28.5. The van der Waals surface area contributed by atoms with Crippen molar-refractivity contribution >= 4 is 82.5 Å². The maximum atomic E-state index is 15.7. The van der Waals surface area contributed by atoms with Crippen LogP contribution in [0.25, 0.3) is 0 Å². The van der Waals surface area contributed by atoms with E-state index >= 15 is 19.2 Å². The van der Waals surface area contributed by atoms with Crippen LogP contribution in [0.15, 0.2) is 24.3 Å². The van der Waals surface area contributed by atoms with E-state index in [1.54, 1.807) is 31.0 Å². The largest absolute Gasteiger partial charge is 0.343 e. The van der Waals surface area contributed by atoms with Gasteiger partial charge in [-0.1, -0.05) is 108 Å². The third-order valence-corrected chi connectivity index (χ3v) is 21.7. The summed E-state index contributed by atoms with van der Waals surface area (Å²) in [7, 11) is 10.3. The zero-order chi connectivity index (χ0) is 68.7. The Hall–Kier alpha value is -6.85. The Morgan fingerprint density at radius 2 is 1.19 bits per heavy atom. The van der Waals surface area contributed by atoms with Crippen LogP contribution in [0.4, 0.5) is 0 Å². The zero-order valence-corrected chi connectivity index (χ0v) is 58.4. The van der Waals surface area contributed by atoms with Crippen molar-refractivity contribution in [2.45, 2.75) is 223 Å². The quantitative estimate of drug-likeness (QED) is 0.311. The van der Waals surface area contributed by atoms with Gasteiger partial charge in [0.15, 0.2) is 0 Å². The summed E-state index contributed by atoms with van der Waals surface area (Å²) < 4.78 is 0. The van der Waals surface area contributed by atoms with Gasteiger partial charge in [0.05, 0.1) is 26.1 Å². The zero-order valence-electron chi connectivity index (χ0n) is 57.6. The van der Waals surface area contributed by atoms with Crippen LogP contribution in [-0.4, -0.2) is 251 Å². The number of nitrogens with one attached hydrogen (secondary N) is 3. The Balaban J connectivity index is 1.25. The lowest BCUT2D eigenvalue weighted by Gasteiger charge is -2.43. The average Bonchev–Trinajstić information content (AvgIpc) is 1.15. The molecule has 6 fully saturated rings. The summed E-state index contributed by atoms with van der Waals surface area (Å²) in [6.45, 7) is 4.67. The molecule has 1 aromatic rings. The van der Waals surface area contributed by atoms with E-state index in [0.717, 1.165) is 81.1 Å². The first-order valence-electron chi connectivity index (χ1n) is 34.7. The lowest BCUT2D eigenvalue weighted by molar-refractivity contribution is -0.157. The minimum atomic E-state index is -1.47. The normalized spacial score (nSPS) is 27.6. The van der Waals surface area contributed by atoms with E-state index in [0.29, 0.717) is 69.5 Å². The molecule has 3 aliphatic carbocycles. The fraction of sp³-hybridized carbons (Fsp3) is 0.739. The Morgan fingerprint density at radius 1 is 0.596 bits per heavy atom. The predicted octanol–water partition coefficient (Wildman–Crippen LogP) is 4.38. The molecule has 3 saturated carbocycles. The molecular weight excluding hydrogens is 1220 g/mol. The summed E-state index contributed by atoms with van der Waals surface area (Å²) in [6.07, 6.45) is 13.7. The first kappa shape index (κ1) is 74.5. The first-order valence-corrected chi connectivity index (χ1v) is 35.1. The molecule has 1 unspecified atom stereocenters. The van der Waals surface area contributed by atoms with E-state index in [9.17, 15) is 38.4 Å². The summed E-state index contributed by atoms with van der Waals surface area (Å²) >= 11 is 6.25. The highest BCUT2D eigenvalue weighted by molar-refractivity contribution is 6.30. The minimum absolute atomic E-state index is 0.0907. The molecule has 6 aliphatic rings. The Kier molecular flexibility index (Phi) is 27.1. The van der Waals surface area contributed by atoms with Crippen LogP contribution in [0.3, 0.4) is 0 Å². The molecule has 0 bridgehead atoms. The molecule has 1 spiro atoms. The molecule has 522 valence electrons. The van der Waals surface area contributed by atoms with Crippen molar-refractivity contribution in [1.29, 1.82) is 0 Å². The number of rotatable bonds is 9. The van der Waals surface area contributed by atoms with Crippen LogP contribution in [0, 0.1) is 17.8 Å².